The highest BCUT2D eigenvalue weighted by molar-refractivity contribution is 6.06. The molecule has 92 valence electrons. The minimum absolute atomic E-state index is 0.0420. The highest BCUT2D eigenvalue weighted by atomic mass is 16.2. The molecule has 4 atom stereocenters. The number of carbonyl (C=O) groups is 2. The predicted molar refractivity (Wildman–Crippen MR) is 63.0 cm³/mol. The third-order valence-corrected chi connectivity index (χ3v) is 4.33. The number of nitrogens with zero attached hydrogens (tertiary/aromatic N) is 2. The van der Waals surface area contributed by atoms with E-state index in [4.69, 9.17) is 0 Å². The van der Waals surface area contributed by atoms with Crippen molar-refractivity contribution in [3.63, 3.8) is 0 Å². The Labute approximate surface area is 101 Å². The monoisotopic (exact) mass is 234 g/mol. The largest absolute Gasteiger partial charge is 0.308 e. The Balaban J connectivity index is 1.78. The van der Waals surface area contributed by atoms with Crippen molar-refractivity contribution in [1.82, 2.24) is 9.80 Å². The van der Waals surface area contributed by atoms with Crippen LogP contribution in [0.2, 0.25) is 0 Å². The van der Waals surface area contributed by atoms with Gasteiger partial charge in [-0.3, -0.25) is 14.5 Å². The maximum Gasteiger partial charge on any atom is 0.233 e. The van der Waals surface area contributed by atoms with Gasteiger partial charge in [-0.1, -0.05) is 12.2 Å². The van der Waals surface area contributed by atoms with E-state index in [2.05, 4.69) is 12.2 Å². The minimum Gasteiger partial charge on any atom is -0.308 e. The van der Waals surface area contributed by atoms with Crippen LogP contribution in [0.25, 0.3) is 0 Å². The molecule has 2 aliphatic carbocycles. The number of rotatable bonds is 3. The molecule has 17 heavy (non-hydrogen) atoms. The number of fused-ring (bicyclic) bond motifs is 5. The first-order valence-corrected chi connectivity index (χ1v) is 6.28. The molecule has 4 nitrogen and oxygen atoms in total. The summed E-state index contributed by atoms with van der Waals surface area (Å²) < 4.78 is 0. The van der Waals surface area contributed by atoms with Gasteiger partial charge >= 0.3 is 0 Å². The van der Waals surface area contributed by atoms with E-state index in [0.29, 0.717) is 18.4 Å². The topological polar surface area (TPSA) is 40.6 Å². The zero-order valence-electron chi connectivity index (χ0n) is 10.3. The Bertz CT molecular complexity index is 372. The van der Waals surface area contributed by atoms with Crippen molar-refractivity contribution in [2.24, 2.45) is 23.7 Å². The normalized spacial score (nSPS) is 38.6. The number of likely N-dealkylation sites (N-methyl/N-ethyl adjacent to an activating group) is 1. The van der Waals surface area contributed by atoms with Crippen LogP contribution in [0.15, 0.2) is 12.2 Å². The molecule has 2 fully saturated rings. The first-order chi connectivity index (χ1) is 8.09. The van der Waals surface area contributed by atoms with E-state index in [1.807, 2.05) is 19.0 Å². The Hall–Kier alpha value is -1.16. The predicted octanol–water partition coefficient (Wildman–Crippen LogP) is 0.355. The van der Waals surface area contributed by atoms with Crippen LogP contribution in [0.3, 0.4) is 0 Å². The van der Waals surface area contributed by atoms with Gasteiger partial charge < -0.3 is 4.90 Å². The lowest BCUT2D eigenvalue weighted by molar-refractivity contribution is -0.140. The van der Waals surface area contributed by atoms with Crippen LogP contribution in [0, 0.1) is 23.7 Å². The van der Waals surface area contributed by atoms with Crippen LogP contribution in [-0.2, 0) is 9.59 Å². The van der Waals surface area contributed by atoms with Gasteiger partial charge in [0, 0.05) is 13.1 Å². The van der Waals surface area contributed by atoms with Gasteiger partial charge in [0.2, 0.25) is 11.8 Å². The summed E-state index contributed by atoms with van der Waals surface area (Å²) >= 11 is 0. The van der Waals surface area contributed by atoms with E-state index in [1.165, 1.54) is 4.90 Å². The maximum atomic E-state index is 12.3. The highest BCUT2D eigenvalue weighted by Crippen LogP contribution is 2.52. The van der Waals surface area contributed by atoms with Crippen molar-refractivity contribution in [3.05, 3.63) is 12.2 Å². The molecule has 0 N–H and O–H groups in total. The van der Waals surface area contributed by atoms with Gasteiger partial charge in [0.25, 0.3) is 0 Å². The van der Waals surface area contributed by atoms with Crippen LogP contribution in [0.1, 0.15) is 6.42 Å². The number of likely N-dealkylation sites (tertiary alicyclic amines) is 1. The molecule has 3 aliphatic rings. The molecule has 0 aromatic heterocycles. The molecule has 0 spiro atoms. The lowest BCUT2D eigenvalue weighted by Gasteiger charge is -2.19. The second-order valence-corrected chi connectivity index (χ2v) is 5.63. The Morgan fingerprint density at radius 2 is 1.71 bits per heavy atom. The minimum atomic E-state index is -0.0420. The van der Waals surface area contributed by atoms with Crippen molar-refractivity contribution in [1.29, 1.82) is 0 Å². The van der Waals surface area contributed by atoms with Gasteiger partial charge in [-0.05, 0) is 32.4 Å². The zero-order valence-corrected chi connectivity index (χ0v) is 10.3. The standard InChI is InChI=1S/C13H18N2O2/c1-14(2)5-6-15-12(16)10-8-3-4-9(7-8)11(10)13(15)17/h3-4,8-11H,5-7H2,1-2H3/t8-,9+,10-,11-/m1/s1. The van der Waals surface area contributed by atoms with Crippen LogP contribution >= 0.6 is 0 Å². The summed E-state index contributed by atoms with van der Waals surface area (Å²) in [5.74, 6) is 0.702. The first-order valence-electron chi connectivity index (χ1n) is 6.28. The number of hydrogen-bond acceptors (Lipinski definition) is 3. The van der Waals surface area contributed by atoms with Crippen molar-refractivity contribution >= 4 is 11.8 Å². The average Bonchev–Trinajstić information content (AvgIpc) is 2.92. The Morgan fingerprint density at radius 3 is 2.18 bits per heavy atom. The third-order valence-electron chi connectivity index (χ3n) is 4.33. The SMILES string of the molecule is CN(C)CCN1C(=O)[C@H]2[C@H](C1=O)[C@H]1C=C[C@@H]2C1. The second kappa shape index (κ2) is 3.67. The van der Waals surface area contributed by atoms with Crippen LogP contribution in [-0.4, -0.2) is 48.8 Å². The molecule has 0 radical (unpaired) electrons. The molecular weight excluding hydrogens is 216 g/mol. The number of amides is 2. The summed E-state index contributed by atoms with van der Waals surface area (Å²) in [6.07, 6.45) is 5.27. The molecule has 0 unspecified atom stereocenters. The van der Waals surface area contributed by atoms with Crippen molar-refractivity contribution < 1.29 is 9.59 Å². The molecule has 1 aliphatic heterocycles. The zero-order chi connectivity index (χ0) is 12.2. The quantitative estimate of drug-likeness (QED) is 0.523. The first kappa shape index (κ1) is 11.0. The summed E-state index contributed by atoms with van der Waals surface area (Å²) in [5, 5.41) is 0. The van der Waals surface area contributed by atoms with Crippen molar-refractivity contribution in [2.75, 3.05) is 27.2 Å². The van der Waals surface area contributed by atoms with Gasteiger partial charge in [-0.2, -0.15) is 0 Å². The Morgan fingerprint density at radius 1 is 1.18 bits per heavy atom. The molecule has 1 heterocycles. The molecular formula is C13H18N2O2. The second-order valence-electron chi connectivity index (χ2n) is 5.63. The summed E-state index contributed by atoms with van der Waals surface area (Å²) in [7, 11) is 3.91. The van der Waals surface area contributed by atoms with Crippen molar-refractivity contribution in [3.8, 4) is 0 Å². The third kappa shape index (κ3) is 1.47. The van der Waals surface area contributed by atoms with Crippen LogP contribution in [0.4, 0.5) is 0 Å². The summed E-state index contributed by atoms with van der Waals surface area (Å²) in [4.78, 5) is 28.0. The molecule has 1 saturated heterocycles. The van der Waals surface area contributed by atoms with E-state index >= 15 is 0 Å². The molecule has 4 heteroatoms. The van der Waals surface area contributed by atoms with E-state index in [0.717, 1.165) is 13.0 Å². The average molecular weight is 234 g/mol. The van der Waals surface area contributed by atoms with E-state index < -0.39 is 0 Å². The van der Waals surface area contributed by atoms with Gasteiger partial charge in [0.1, 0.15) is 0 Å². The molecule has 2 bridgehead atoms. The van der Waals surface area contributed by atoms with Crippen LogP contribution < -0.4 is 0 Å². The van der Waals surface area contributed by atoms with Crippen molar-refractivity contribution in [2.45, 2.75) is 6.42 Å². The number of allylic oxidation sites excluding steroid dienone is 2. The molecule has 3 rings (SSSR count). The lowest BCUT2D eigenvalue weighted by Crippen LogP contribution is -2.38. The number of hydrogen-bond donors (Lipinski definition) is 0. The fraction of sp³-hybridized carbons (Fsp3) is 0.692. The maximum absolute atomic E-state index is 12.3. The van der Waals surface area contributed by atoms with E-state index in [1.54, 1.807) is 0 Å². The molecule has 2 amide bonds. The number of carbonyl (C=O) groups excluding carboxylic acids is 2. The highest BCUT2D eigenvalue weighted by Gasteiger charge is 2.58. The summed E-state index contributed by atoms with van der Waals surface area (Å²) in [5.41, 5.74) is 0. The van der Waals surface area contributed by atoms with E-state index in [9.17, 15) is 9.59 Å². The summed E-state index contributed by atoms with van der Waals surface area (Å²) in [6, 6.07) is 0. The molecule has 1 saturated carbocycles. The van der Waals surface area contributed by atoms with Gasteiger partial charge in [0.05, 0.1) is 11.8 Å². The van der Waals surface area contributed by atoms with E-state index in [-0.39, 0.29) is 23.7 Å². The summed E-state index contributed by atoms with van der Waals surface area (Å²) in [6.45, 7) is 1.29. The van der Waals surface area contributed by atoms with Gasteiger partial charge in [-0.25, -0.2) is 0 Å². The fourth-order valence-corrected chi connectivity index (χ4v) is 3.48. The molecule has 0 aromatic rings. The smallest absolute Gasteiger partial charge is 0.233 e. The van der Waals surface area contributed by atoms with Crippen LogP contribution in [0.5, 0.6) is 0 Å². The lowest BCUT2D eigenvalue weighted by atomic mass is 9.85. The van der Waals surface area contributed by atoms with Gasteiger partial charge in [0.15, 0.2) is 0 Å². The van der Waals surface area contributed by atoms with Gasteiger partial charge in [-0.15, -0.1) is 0 Å². The number of imide groups is 1. The fourth-order valence-electron chi connectivity index (χ4n) is 3.48. The Kier molecular flexibility index (Phi) is 2.36. The molecule has 0 aromatic carbocycles.